The van der Waals surface area contributed by atoms with Crippen LogP contribution in [0, 0.1) is 0 Å². The van der Waals surface area contributed by atoms with Crippen LogP contribution in [-0.2, 0) is 14.8 Å². The molecule has 29 heavy (non-hydrogen) atoms. The third kappa shape index (κ3) is 5.86. The average Bonchev–Trinajstić information content (AvgIpc) is 3.40. The third-order valence-corrected chi connectivity index (χ3v) is 7.10. The average molecular weight is 438 g/mol. The number of sulfonamides is 1. The number of amides is 1. The van der Waals surface area contributed by atoms with Gasteiger partial charge in [-0.15, -0.1) is 0 Å². The molecule has 1 fully saturated rings. The molecule has 0 aliphatic carbocycles. The number of benzene rings is 1. The first-order valence-corrected chi connectivity index (χ1v) is 12.0. The summed E-state index contributed by atoms with van der Waals surface area (Å²) in [6.45, 7) is 1.40. The molecule has 3 rings (SSSR count). The van der Waals surface area contributed by atoms with Gasteiger partial charge in [-0.1, -0.05) is 0 Å². The summed E-state index contributed by atoms with van der Waals surface area (Å²) in [7, 11) is 0.316. The van der Waals surface area contributed by atoms with E-state index >= 15 is 0 Å². The number of thiophene rings is 1. The van der Waals surface area contributed by atoms with Crippen molar-refractivity contribution in [3.05, 3.63) is 52.2 Å². The van der Waals surface area contributed by atoms with Gasteiger partial charge in [0.05, 0.1) is 17.0 Å². The Balaban J connectivity index is 1.57. The van der Waals surface area contributed by atoms with Gasteiger partial charge >= 0.3 is 0 Å². The summed E-state index contributed by atoms with van der Waals surface area (Å²) in [5.41, 5.74) is 1.57. The summed E-state index contributed by atoms with van der Waals surface area (Å²) in [6, 6.07) is 8.09. The number of carbonyl (C=O) groups excluding carboxylic acids is 1. The summed E-state index contributed by atoms with van der Waals surface area (Å²) >= 11 is 1.62. The Kier molecular flexibility index (Phi) is 7.42. The van der Waals surface area contributed by atoms with Crippen LogP contribution >= 0.6 is 11.3 Å². The second-order valence-electron chi connectivity index (χ2n) is 7.26. The van der Waals surface area contributed by atoms with Gasteiger partial charge in [0.1, 0.15) is 0 Å². The van der Waals surface area contributed by atoms with E-state index in [0.717, 1.165) is 18.4 Å². The first kappa shape index (κ1) is 21.9. The van der Waals surface area contributed by atoms with Gasteiger partial charge in [-0.25, -0.2) is 13.1 Å². The zero-order chi connectivity index (χ0) is 20.9. The molecule has 2 unspecified atom stereocenters. The zero-order valence-corrected chi connectivity index (χ0v) is 18.3. The Labute approximate surface area is 176 Å². The molecule has 2 N–H and O–H groups in total. The first-order valence-electron chi connectivity index (χ1n) is 9.55. The molecule has 9 heteroatoms. The number of likely N-dealkylation sites (N-methyl/N-ethyl adjacent to an activating group) is 1. The van der Waals surface area contributed by atoms with Gasteiger partial charge in [0.2, 0.25) is 10.0 Å². The SMILES string of the molecule is CN(C)C(CNC(=O)c1ccc(S(=O)(=O)NCC2CCCO2)cc1)c1ccsc1. The van der Waals surface area contributed by atoms with E-state index in [1.54, 1.807) is 11.3 Å². The molecule has 1 aliphatic heterocycles. The van der Waals surface area contributed by atoms with E-state index < -0.39 is 10.0 Å². The van der Waals surface area contributed by atoms with E-state index in [-0.39, 0.29) is 29.5 Å². The standard InChI is InChI=1S/C20H27N3O4S2/c1-23(2)19(16-9-11-28-14-16)13-21-20(24)15-5-7-18(8-6-15)29(25,26)22-12-17-4-3-10-27-17/h5-9,11,14,17,19,22H,3-4,10,12-13H2,1-2H3,(H,21,24). The highest BCUT2D eigenvalue weighted by Crippen LogP contribution is 2.20. The molecule has 1 saturated heterocycles. The van der Waals surface area contributed by atoms with Crippen molar-refractivity contribution >= 4 is 27.3 Å². The molecule has 1 amide bonds. The van der Waals surface area contributed by atoms with E-state index in [2.05, 4.69) is 20.3 Å². The predicted molar refractivity (Wildman–Crippen MR) is 114 cm³/mol. The molecular weight excluding hydrogens is 410 g/mol. The van der Waals surface area contributed by atoms with Gasteiger partial charge in [0.25, 0.3) is 5.91 Å². The van der Waals surface area contributed by atoms with Crippen LogP contribution < -0.4 is 10.0 Å². The minimum absolute atomic E-state index is 0.0669. The maximum absolute atomic E-state index is 12.5. The van der Waals surface area contributed by atoms with E-state index in [4.69, 9.17) is 4.74 Å². The van der Waals surface area contributed by atoms with Crippen LogP contribution in [0.2, 0.25) is 0 Å². The van der Waals surface area contributed by atoms with Crippen LogP contribution in [0.3, 0.4) is 0 Å². The van der Waals surface area contributed by atoms with Crippen molar-refractivity contribution < 1.29 is 17.9 Å². The largest absolute Gasteiger partial charge is 0.377 e. The fourth-order valence-electron chi connectivity index (χ4n) is 3.23. The van der Waals surface area contributed by atoms with Gasteiger partial charge in [0, 0.05) is 25.3 Å². The van der Waals surface area contributed by atoms with E-state index in [0.29, 0.717) is 18.7 Å². The topological polar surface area (TPSA) is 87.7 Å². The van der Waals surface area contributed by atoms with E-state index in [1.165, 1.54) is 24.3 Å². The second kappa shape index (κ2) is 9.82. The highest BCUT2D eigenvalue weighted by atomic mass is 32.2. The fourth-order valence-corrected chi connectivity index (χ4v) is 5.00. The minimum atomic E-state index is -3.62. The van der Waals surface area contributed by atoms with Gasteiger partial charge in [-0.2, -0.15) is 11.3 Å². The number of rotatable bonds is 9. The molecule has 0 saturated carbocycles. The van der Waals surface area contributed by atoms with Crippen LogP contribution in [0.5, 0.6) is 0 Å². The number of hydrogen-bond acceptors (Lipinski definition) is 6. The Morgan fingerprint density at radius 2 is 2.03 bits per heavy atom. The number of nitrogens with one attached hydrogen (secondary N) is 2. The lowest BCUT2D eigenvalue weighted by atomic mass is 10.1. The lowest BCUT2D eigenvalue weighted by Gasteiger charge is -2.24. The molecule has 158 valence electrons. The highest BCUT2D eigenvalue weighted by Gasteiger charge is 2.21. The lowest BCUT2D eigenvalue weighted by Crippen LogP contribution is -2.34. The molecule has 7 nitrogen and oxygen atoms in total. The summed E-state index contributed by atoms with van der Waals surface area (Å²) < 4.78 is 32.9. The van der Waals surface area contributed by atoms with E-state index in [1.807, 2.05) is 25.5 Å². The van der Waals surface area contributed by atoms with Gasteiger partial charge < -0.3 is 15.0 Å². The monoisotopic (exact) mass is 437 g/mol. The van der Waals surface area contributed by atoms with E-state index in [9.17, 15) is 13.2 Å². The van der Waals surface area contributed by atoms with Crippen molar-refractivity contribution in [1.29, 1.82) is 0 Å². The zero-order valence-electron chi connectivity index (χ0n) is 16.6. The molecule has 1 aromatic heterocycles. The molecule has 2 heterocycles. The molecule has 2 aromatic rings. The number of ether oxygens (including phenoxy) is 1. The summed E-state index contributed by atoms with van der Waals surface area (Å²) in [5.74, 6) is -0.233. The van der Waals surface area contributed by atoms with Crippen molar-refractivity contribution in [3.8, 4) is 0 Å². The van der Waals surface area contributed by atoms with Gasteiger partial charge in [-0.05, 0) is 73.6 Å². The van der Waals surface area contributed by atoms with Crippen molar-refractivity contribution in [2.24, 2.45) is 0 Å². The normalized spacial score (nSPS) is 18.1. The van der Waals surface area contributed by atoms with Gasteiger partial charge in [-0.3, -0.25) is 4.79 Å². The van der Waals surface area contributed by atoms with Crippen molar-refractivity contribution in [2.45, 2.75) is 29.9 Å². The Morgan fingerprint density at radius 3 is 2.62 bits per heavy atom. The second-order valence-corrected chi connectivity index (χ2v) is 9.80. The maximum Gasteiger partial charge on any atom is 0.251 e. The fraction of sp³-hybridized carbons (Fsp3) is 0.450. The first-order chi connectivity index (χ1) is 13.9. The molecule has 0 bridgehead atoms. The molecule has 1 aromatic carbocycles. The highest BCUT2D eigenvalue weighted by molar-refractivity contribution is 7.89. The molecule has 0 radical (unpaired) electrons. The molecule has 0 spiro atoms. The molecule has 2 atom stereocenters. The summed E-state index contributed by atoms with van der Waals surface area (Å²) in [6.07, 6.45) is 1.75. The Morgan fingerprint density at radius 1 is 1.28 bits per heavy atom. The molecule has 1 aliphatic rings. The van der Waals surface area contributed by atoms with Crippen LogP contribution in [0.1, 0.15) is 34.8 Å². The smallest absolute Gasteiger partial charge is 0.251 e. The summed E-state index contributed by atoms with van der Waals surface area (Å²) in [4.78, 5) is 14.7. The van der Waals surface area contributed by atoms with Crippen LogP contribution in [-0.4, -0.2) is 59.1 Å². The maximum atomic E-state index is 12.5. The predicted octanol–water partition coefficient (Wildman–Crippen LogP) is 2.24. The van der Waals surface area contributed by atoms with Crippen molar-refractivity contribution in [2.75, 3.05) is 33.8 Å². The van der Waals surface area contributed by atoms with Crippen LogP contribution in [0.25, 0.3) is 0 Å². The Bertz CT molecular complexity index is 890. The van der Waals surface area contributed by atoms with Crippen molar-refractivity contribution in [3.63, 3.8) is 0 Å². The number of carbonyl (C=O) groups is 1. The Hall–Kier alpha value is -1.78. The van der Waals surface area contributed by atoms with Gasteiger partial charge in [0.15, 0.2) is 0 Å². The van der Waals surface area contributed by atoms with Crippen molar-refractivity contribution in [1.82, 2.24) is 14.9 Å². The lowest BCUT2D eigenvalue weighted by molar-refractivity contribution is 0.0942. The van der Waals surface area contributed by atoms with Crippen LogP contribution in [0.15, 0.2) is 46.0 Å². The summed E-state index contributed by atoms with van der Waals surface area (Å²) in [5, 5.41) is 7.01. The number of hydrogen-bond donors (Lipinski definition) is 2. The minimum Gasteiger partial charge on any atom is -0.377 e. The van der Waals surface area contributed by atoms with Crippen LogP contribution in [0.4, 0.5) is 0 Å². The quantitative estimate of drug-likeness (QED) is 0.628. The molecular formula is C20H27N3O4S2. The third-order valence-electron chi connectivity index (χ3n) is 4.96. The number of nitrogens with zero attached hydrogens (tertiary/aromatic N) is 1.